The fraction of sp³-hybridized carbons (Fsp3) is 0.462. The molecule has 1 aromatic rings. The van der Waals surface area contributed by atoms with E-state index in [2.05, 4.69) is 10.6 Å². The third-order valence-corrected chi connectivity index (χ3v) is 2.41. The van der Waals surface area contributed by atoms with Gasteiger partial charge in [0.25, 0.3) is 0 Å². The molecule has 0 bridgehead atoms. The van der Waals surface area contributed by atoms with E-state index in [0.29, 0.717) is 19.7 Å². The minimum Gasteiger partial charge on any atom is -0.384 e. The van der Waals surface area contributed by atoms with Crippen LogP contribution in [0.15, 0.2) is 24.3 Å². The molecule has 0 saturated heterocycles. The Balaban J connectivity index is 2.54. The second kappa shape index (κ2) is 7.68. The summed E-state index contributed by atoms with van der Waals surface area (Å²) in [5.41, 5.74) is 2.16. The number of carbonyl (C=O) groups excluding carboxylic acids is 1. The normalized spacial score (nSPS) is 10.0. The highest BCUT2D eigenvalue weighted by atomic mass is 16.5. The monoisotopic (exact) mass is 236 g/mol. The van der Waals surface area contributed by atoms with Gasteiger partial charge in [0.15, 0.2) is 0 Å². The van der Waals surface area contributed by atoms with Gasteiger partial charge in [-0.25, -0.2) is 0 Å². The van der Waals surface area contributed by atoms with E-state index in [9.17, 15) is 4.79 Å². The van der Waals surface area contributed by atoms with Gasteiger partial charge >= 0.3 is 0 Å². The zero-order valence-corrected chi connectivity index (χ0v) is 10.5. The van der Waals surface area contributed by atoms with E-state index in [1.807, 2.05) is 31.2 Å². The van der Waals surface area contributed by atoms with Gasteiger partial charge in [-0.15, -0.1) is 0 Å². The molecule has 1 amide bonds. The number of ether oxygens (including phenoxy) is 1. The number of hydrogen-bond acceptors (Lipinski definition) is 3. The fourth-order valence-electron chi connectivity index (χ4n) is 1.56. The second-order valence-corrected chi connectivity index (χ2v) is 3.71. The first kappa shape index (κ1) is 13.5. The molecular formula is C13H20N2O2. The van der Waals surface area contributed by atoms with E-state index in [-0.39, 0.29) is 5.91 Å². The average Bonchev–Trinajstić information content (AvgIpc) is 2.35. The van der Waals surface area contributed by atoms with Crippen LogP contribution in [0.3, 0.4) is 0 Å². The first-order valence-corrected chi connectivity index (χ1v) is 5.85. The lowest BCUT2D eigenvalue weighted by atomic mass is 10.1. The number of nitrogens with one attached hydrogen (secondary N) is 2. The smallest absolute Gasteiger partial charge is 0.239 e. The molecule has 0 radical (unpaired) electrons. The maximum Gasteiger partial charge on any atom is 0.239 e. The van der Waals surface area contributed by atoms with Crippen LogP contribution in [0.2, 0.25) is 0 Å². The first-order valence-electron chi connectivity index (χ1n) is 5.85. The summed E-state index contributed by atoms with van der Waals surface area (Å²) >= 11 is 0. The lowest BCUT2D eigenvalue weighted by molar-refractivity contribution is -0.119. The summed E-state index contributed by atoms with van der Waals surface area (Å²) < 4.78 is 5.06. The zero-order valence-electron chi connectivity index (χ0n) is 10.5. The number of likely N-dealkylation sites (N-methyl/N-ethyl adjacent to an activating group) is 1. The molecule has 1 rings (SSSR count). The Kier molecular flexibility index (Phi) is 6.10. The zero-order chi connectivity index (χ0) is 12.5. The molecule has 0 fully saturated rings. The summed E-state index contributed by atoms with van der Waals surface area (Å²) in [6.45, 7) is 3.55. The highest BCUT2D eigenvalue weighted by Crippen LogP contribution is 2.15. The Morgan fingerprint density at radius 3 is 2.82 bits per heavy atom. The van der Waals surface area contributed by atoms with Crippen LogP contribution in [0, 0.1) is 0 Å². The molecule has 0 aromatic heterocycles. The highest BCUT2D eigenvalue weighted by Gasteiger charge is 2.03. The highest BCUT2D eigenvalue weighted by molar-refractivity contribution is 5.80. The minimum atomic E-state index is 0.00837. The summed E-state index contributed by atoms with van der Waals surface area (Å²) in [5.74, 6) is 0.00837. The number of rotatable bonds is 7. The van der Waals surface area contributed by atoms with Crippen LogP contribution in [-0.4, -0.2) is 32.7 Å². The van der Waals surface area contributed by atoms with Crippen molar-refractivity contribution in [1.29, 1.82) is 0 Å². The largest absolute Gasteiger partial charge is 0.384 e. The van der Waals surface area contributed by atoms with Gasteiger partial charge in [0.1, 0.15) is 0 Å². The number of carbonyl (C=O) groups is 1. The Bertz CT molecular complexity index is 353. The molecule has 4 nitrogen and oxygen atoms in total. The lowest BCUT2D eigenvalue weighted by Gasteiger charge is -2.11. The summed E-state index contributed by atoms with van der Waals surface area (Å²) in [7, 11) is 1.69. The van der Waals surface area contributed by atoms with E-state index in [1.54, 1.807) is 7.11 Å². The average molecular weight is 236 g/mol. The van der Waals surface area contributed by atoms with Crippen molar-refractivity contribution >= 4 is 11.6 Å². The molecule has 0 unspecified atom stereocenters. The van der Waals surface area contributed by atoms with Gasteiger partial charge < -0.3 is 15.4 Å². The van der Waals surface area contributed by atoms with Gasteiger partial charge in [-0.2, -0.15) is 0 Å². The number of amides is 1. The number of hydrogen-bond donors (Lipinski definition) is 2. The first-order chi connectivity index (χ1) is 8.27. The Hall–Kier alpha value is -1.55. The number of anilines is 1. The van der Waals surface area contributed by atoms with E-state index < -0.39 is 0 Å². The Morgan fingerprint density at radius 2 is 2.12 bits per heavy atom. The molecule has 0 atom stereocenters. The Morgan fingerprint density at radius 1 is 1.35 bits per heavy atom. The lowest BCUT2D eigenvalue weighted by Crippen LogP contribution is -2.29. The van der Waals surface area contributed by atoms with E-state index in [0.717, 1.165) is 12.1 Å². The van der Waals surface area contributed by atoms with Crippen LogP contribution in [0.25, 0.3) is 0 Å². The van der Waals surface area contributed by atoms with Gasteiger partial charge in [-0.05, 0) is 25.0 Å². The van der Waals surface area contributed by atoms with Crippen molar-refractivity contribution in [2.45, 2.75) is 13.3 Å². The van der Waals surface area contributed by atoms with Crippen molar-refractivity contribution < 1.29 is 9.53 Å². The van der Waals surface area contributed by atoms with Gasteiger partial charge in [0.2, 0.25) is 5.91 Å². The molecule has 0 aliphatic heterocycles. The van der Waals surface area contributed by atoms with Crippen LogP contribution < -0.4 is 10.6 Å². The number of para-hydroxylation sites is 1. The van der Waals surface area contributed by atoms with Gasteiger partial charge in [0, 0.05) is 19.3 Å². The molecule has 0 aliphatic carbocycles. The van der Waals surface area contributed by atoms with E-state index >= 15 is 0 Å². The van der Waals surface area contributed by atoms with Crippen LogP contribution in [0.5, 0.6) is 0 Å². The molecule has 0 saturated carbocycles. The van der Waals surface area contributed by atoms with Crippen LogP contribution in [0.4, 0.5) is 5.69 Å². The standard InChI is InChI=1S/C13H20N2O2/c1-3-14-13(16)10-15-12-7-5-4-6-11(12)8-9-17-2/h4-7,15H,3,8-10H2,1-2H3,(H,14,16). The quantitative estimate of drug-likeness (QED) is 0.753. The molecule has 0 aliphatic rings. The summed E-state index contributed by atoms with van der Waals surface area (Å²) in [5, 5.41) is 5.89. The predicted octanol–water partition coefficient (Wildman–Crippen LogP) is 1.42. The molecular weight excluding hydrogens is 216 g/mol. The number of benzene rings is 1. The van der Waals surface area contributed by atoms with Crippen LogP contribution >= 0.6 is 0 Å². The number of methoxy groups -OCH3 is 1. The van der Waals surface area contributed by atoms with Gasteiger partial charge in [-0.1, -0.05) is 18.2 Å². The summed E-state index contributed by atoms with van der Waals surface area (Å²) in [6, 6.07) is 7.96. The van der Waals surface area contributed by atoms with Gasteiger partial charge in [-0.3, -0.25) is 4.79 Å². The van der Waals surface area contributed by atoms with Crippen molar-refractivity contribution in [2.75, 3.05) is 32.1 Å². The van der Waals surface area contributed by atoms with Crippen molar-refractivity contribution in [3.05, 3.63) is 29.8 Å². The molecule has 17 heavy (non-hydrogen) atoms. The Labute approximate surface area is 102 Å². The second-order valence-electron chi connectivity index (χ2n) is 3.71. The topological polar surface area (TPSA) is 50.4 Å². The summed E-state index contributed by atoms with van der Waals surface area (Å²) in [6.07, 6.45) is 0.842. The van der Waals surface area contributed by atoms with Crippen LogP contribution in [-0.2, 0) is 16.0 Å². The van der Waals surface area contributed by atoms with Crippen molar-refractivity contribution in [2.24, 2.45) is 0 Å². The maximum atomic E-state index is 11.3. The molecule has 0 spiro atoms. The summed E-state index contributed by atoms with van der Waals surface area (Å²) in [4.78, 5) is 11.3. The van der Waals surface area contributed by atoms with Crippen LogP contribution in [0.1, 0.15) is 12.5 Å². The van der Waals surface area contributed by atoms with Crippen molar-refractivity contribution in [3.63, 3.8) is 0 Å². The third kappa shape index (κ3) is 4.87. The SMILES string of the molecule is CCNC(=O)CNc1ccccc1CCOC. The van der Waals surface area contributed by atoms with E-state index in [1.165, 1.54) is 5.56 Å². The minimum absolute atomic E-state index is 0.00837. The molecule has 1 aromatic carbocycles. The predicted molar refractivity (Wildman–Crippen MR) is 69.2 cm³/mol. The van der Waals surface area contributed by atoms with E-state index in [4.69, 9.17) is 4.74 Å². The maximum absolute atomic E-state index is 11.3. The van der Waals surface area contributed by atoms with Crippen molar-refractivity contribution in [1.82, 2.24) is 5.32 Å². The third-order valence-electron chi connectivity index (χ3n) is 2.41. The molecule has 2 N–H and O–H groups in total. The fourth-order valence-corrected chi connectivity index (χ4v) is 1.56. The molecule has 0 heterocycles. The van der Waals surface area contributed by atoms with Gasteiger partial charge in [0.05, 0.1) is 13.2 Å². The molecule has 4 heteroatoms. The van der Waals surface area contributed by atoms with Crippen molar-refractivity contribution in [3.8, 4) is 0 Å². The molecule has 94 valence electrons.